The number of hydrogen-bond acceptors (Lipinski definition) is 6. The Morgan fingerprint density at radius 3 is 2.82 bits per heavy atom. The Labute approximate surface area is 199 Å². The standard InChI is InChI=1S/C24H23ClN2O5S/c1-12-8-18-15(9-16(12)25)17(28)10-19(32-18)22(29)27-24-21(14-5-2-6-20(14)33-24)23(30)26-11-13-4-3-7-31-13/h8-10,13H,2-7,11H2,1H3,(H,26,30)(H,27,29)/t13-/m1/s1. The number of ether oxygens (including phenoxy) is 1. The van der Waals surface area contributed by atoms with Gasteiger partial charge in [-0.05, 0) is 62.3 Å². The number of nitrogens with one attached hydrogen (secondary N) is 2. The van der Waals surface area contributed by atoms with Crippen molar-refractivity contribution in [2.24, 2.45) is 0 Å². The van der Waals surface area contributed by atoms with Crippen molar-refractivity contribution in [1.82, 2.24) is 5.32 Å². The molecule has 1 saturated heterocycles. The quantitative estimate of drug-likeness (QED) is 0.554. The molecule has 1 fully saturated rings. The molecular weight excluding hydrogens is 464 g/mol. The Kier molecular flexibility index (Phi) is 5.99. The molecular formula is C24H23ClN2O5S. The number of anilines is 1. The molecule has 1 aliphatic carbocycles. The van der Waals surface area contributed by atoms with Crippen molar-refractivity contribution >= 4 is 50.7 Å². The average Bonchev–Trinajstić information content (AvgIpc) is 3.51. The maximum absolute atomic E-state index is 13.1. The summed E-state index contributed by atoms with van der Waals surface area (Å²) in [6, 6.07) is 4.33. The van der Waals surface area contributed by atoms with Crippen LogP contribution in [-0.4, -0.2) is 31.1 Å². The number of carbonyl (C=O) groups is 2. The maximum atomic E-state index is 13.1. The summed E-state index contributed by atoms with van der Waals surface area (Å²) in [5, 5.41) is 7.02. The smallest absolute Gasteiger partial charge is 0.292 e. The van der Waals surface area contributed by atoms with Crippen molar-refractivity contribution in [2.45, 2.75) is 45.1 Å². The third-order valence-corrected chi connectivity index (χ3v) is 7.74. The summed E-state index contributed by atoms with van der Waals surface area (Å²) in [6.45, 7) is 2.96. The van der Waals surface area contributed by atoms with Crippen molar-refractivity contribution in [3.8, 4) is 0 Å². The first-order valence-electron chi connectivity index (χ1n) is 11.0. The molecule has 2 aliphatic rings. The summed E-state index contributed by atoms with van der Waals surface area (Å²) in [5.74, 6) is -0.909. The molecule has 33 heavy (non-hydrogen) atoms. The highest BCUT2D eigenvalue weighted by molar-refractivity contribution is 7.17. The van der Waals surface area contributed by atoms with E-state index >= 15 is 0 Å². The van der Waals surface area contributed by atoms with Gasteiger partial charge in [0.05, 0.1) is 17.1 Å². The van der Waals surface area contributed by atoms with Crippen LogP contribution in [0.3, 0.4) is 0 Å². The molecule has 9 heteroatoms. The highest BCUT2D eigenvalue weighted by atomic mass is 35.5. The minimum absolute atomic E-state index is 0.0301. The van der Waals surface area contributed by atoms with E-state index < -0.39 is 5.91 Å². The van der Waals surface area contributed by atoms with Crippen LogP contribution in [0.1, 0.15) is 56.2 Å². The Balaban J connectivity index is 1.42. The zero-order valence-corrected chi connectivity index (χ0v) is 19.7. The summed E-state index contributed by atoms with van der Waals surface area (Å²) in [5.41, 5.74) is 2.17. The number of rotatable bonds is 5. The van der Waals surface area contributed by atoms with Crippen molar-refractivity contribution in [3.05, 3.63) is 60.8 Å². The van der Waals surface area contributed by atoms with Crippen LogP contribution in [0, 0.1) is 6.92 Å². The molecule has 7 nitrogen and oxygen atoms in total. The van der Waals surface area contributed by atoms with E-state index in [1.807, 2.05) is 0 Å². The fourth-order valence-corrected chi connectivity index (χ4v) is 5.83. The number of hydrogen-bond donors (Lipinski definition) is 2. The van der Waals surface area contributed by atoms with E-state index in [0.29, 0.717) is 27.5 Å². The molecule has 0 unspecified atom stereocenters. The van der Waals surface area contributed by atoms with Crippen LogP contribution in [0.5, 0.6) is 0 Å². The minimum atomic E-state index is -0.574. The number of aryl methyl sites for hydroxylation is 2. The molecule has 0 radical (unpaired) electrons. The van der Waals surface area contributed by atoms with Crippen LogP contribution in [0.4, 0.5) is 5.00 Å². The fraction of sp³-hybridized carbons (Fsp3) is 0.375. The van der Waals surface area contributed by atoms with E-state index in [2.05, 4.69) is 10.6 Å². The van der Waals surface area contributed by atoms with Crippen molar-refractivity contribution < 1.29 is 18.7 Å². The predicted octanol–water partition coefficient (Wildman–Crippen LogP) is 4.47. The predicted molar refractivity (Wildman–Crippen MR) is 128 cm³/mol. The number of fused-ring (bicyclic) bond motifs is 2. The van der Waals surface area contributed by atoms with Crippen molar-refractivity contribution in [3.63, 3.8) is 0 Å². The number of halogens is 1. The van der Waals surface area contributed by atoms with Crippen LogP contribution in [0.25, 0.3) is 11.0 Å². The van der Waals surface area contributed by atoms with Crippen molar-refractivity contribution in [2.75, 3.05) is 18.5 Å². The summed E-state index contributed by atoms with van der Waals surface area (Å²) in [7, 11) is 0. The molecule has 5 rings (SSSR count). The van der Waals surface area contributed by atoms with Gasteiger partial charge in [-0.1, -0.05) is 11.6 Å². The van der Waals surface area contributed by atoms with Crippen LogP contribution in [-0.2, 0) is 17.6 Å². The highest BCUT2D eigenvalue weighted by Crippen LogP contribution is 2.39. The highest BCUT2D eigenvalue weighted by Gasteiger charge is 2.29. The molecule has 172 valence electrons. The summed E-state index contributed by atoms with van der Waals surface area (Å²) >= 11 is 7.52. The van der Waals surface area contributed by atoms with Crippen LogP contribution in [0.15, 0.2) is 27.4 Å². The number of thiophene rings is 1. The van der Waals surface area contributed by atoms with Gasteiger partial charge in [0, 0.05) is 29.1 Å². The molecule has 3 heterocycles. The van der Waals surface area contributed by atoms with Gasteiger partial charge in [-0.2, -0.15) is 0 Å². The van der Waals surface area contributed by atoms with Crippen molar-refractivity contribution in [1.29, 1.82) is 0 Å². The molecule has 1 atom stereocenters. The molecule has 3 aromatic rings. The molecule has 0 bridgehead atoms. The first kappa shape index (κ1) is 22.1. The fourth-order valence-electron chi connectivity index (χ4n) is 4.39. The van der Waals surface area contributed by atoms with E-state index in [4.69, 9.17) is 20.8 Å². The third-order valence-electron chi connectivity index (χ3n) is 6.12. The number of amides is 2. The summed E-state index contributed by atoms with van der Waals surface area (Å²) in [4.78, 5) is 39.7. The lowest BCUT2D eigenvalue weighted by atomic mass is 10.1. The van der Waals surface area contributed by atoms with Gasteiger partial charge < -0.3 is 19.8 Å². The van der Waals surface area contributed by atoms with E-state index in [9.17, 15) is 14.4 Å². The number of benzene rings is 1. The first-order valence-corrected chi connectivity index (χ1v) is 12.2. The normalized spacial score (nSPS) is 17.3. The average molecular weight is 487 g/mol. The zero-order valence-electron chi connectivity index (χ0n) is 18.1. The SMILES string of the molecule is Cc1cc2oc(C(=O)Nc3sc4c(c3C(=O)NC[C@H]3CCCO3)CCC4)cc(=O)c2cc1Cl. The maximum Gasteiger partial charge on any atom is 0.292 e. The second kappa shape index (κ2) is 8.93. The Hall–Kier alpha value is -2.68. The zero-order chi connectivity index (χ0) is 23.1. The number of carbonyl (C=O) groups excluding carboxylic acids is 2. The van der Waals surface area contributed by atoms with Gasteiger partial charge in [0.15, 0.2) is 11.2 Å². The molecule has 1 aliphatic heterocycles. The molecule has 0 spiro atoms. The Morgan fingerprint density at radius 2 is 2.03 bits per heavy atom. The van der Waals surface area contributed by atoms with Gasteiger partial charge >= 0.3 is 0 Å². The molecule has 1 aromatic carbocycles. The molecule has 2 N–H and O–H groups in total. The van der Waals surface area contributed by atoms with E-state index in [-0.39, 0.29) is 28.8 Å². The largest absolute Gasteiger partial charge is 0.451 e. The van der Waals surface area contributed by atoms with Gasteiger partial charge in [-0.3, -0.25) is 14.4 Å². The van der Waals surface area contributed by atoms with Crippen LogP contribution >= 0.6 is 22.9 Å². The second-order valence-electron chi connectivity index (χ2n) is 8.43. The molecule has 2 aromatic heterocycles. The Morgan fingerprint density at radius 1 is 1.18 bits per heavy atom. The first-order chi connectivity index (χ1) is 15.9. The van der Waals surface area contributed by atoms with Gasteiger partial charge in [-0.15, -0.1) is 11.3 Å². The van der Waals surface area contributed by atoms with Crippen LogP contribution < -0.4 is 16.1 Å². The van der Waals surface area contributed by atoms with Crippen LogP contribution in [0.2, 0.25) is 5.02 Å². The topological polar surface area (TPSA) is 97.6 Å². The lowest BCUT2D eigenvalue weighted by molar-refractivity contribution is 0.0858. The molecule has 0 saturated carbocycles. The Bertz CT molecular complexity index is 1320. The second-order valence-corrected chi connectivity index (χ2v) is 9.95. The third kappa shape index (κ3) is 4.30. The lowest BCUT2D eigenvalue weighted by Gasteiger charge is -2.12. The van der Waals surface area contributed by atoms with Gasteiger partial charge in [0.2, 0.25) is 0 Å². The summed E-state index contributed by atoms with van der Waals surface area (Å²) < 4.78 is 11.3. The lowest BCUT2D eigenvalue weighted by Crippen LogP contribution is -2.32. The van der Waals surface area contributed by atoms with Gasteiger partial charge in [-0.25, -0.2) is 0 Å². The minimum Gasteiger partial charge on any atom is -0.451 e. The van der Waals surface area contributed by atoms with Gasteiger partial charge in [0.1, 0.15) is 10.6 Å². The van der Waals surface area contributed by atoms with Gasteiger partial charge in [0.25, 0.3) is 11.8 Å². The monoisotopic (exact) mass is 486 g/mol. The van der Waals surface area contributed by atoms with E-state index in [1.165, 1.54) is 11.3 Å². The van der Waals surface area contributed by atoms with E-state index in [0.717, 1.165) is 60.8 Å². The summed E-state index contributed by atoms with van der Waals surface area (Å²) in [6.07, 6.45) is 4.63. The van der Waals surface area contributed by atoms with E-state index in [1.54, 1.807) is 19.1 Å². The molecule has 2 amide bonds.